The molecule has 2 heteroatoms. The number of carbonyl (C=O) groups is 1. The van der Waals surface area contributed by atoms with Crippen molar-refractivity contribution in [1.82, 2.24) is 0 Å². The summed E-state index contributed by atoms with van der Waals surface area (Å²) in [5.41, 5.74) is 9.02. The topological polar surface area (TPSA) is 43.1 Å². The Hall–Kier alpha value is -1.15. The lowest BCUT2D eigenvalue weighted by Gasteiger charge is -2.28. The predicted octanol–water partition coefficient (Wildman–Crippen LogP) is 3.18. The first kappa shape index (κ1) is 14.9. The maximum absolute atomic E-state index is 12.5. The Bertz CT molecular complexity index is 411. The number of nitrogens with two attached hydrogens (primary N) is 1. The van der Waals surface area contributed by atoms with E-state index in [4.69, 9.17) is 5.73 Å². The first-order chi connectivity index (χ1) is 8.49. The van der Waals surface area contributed by atoms with Crippen LogP contribution in [0.5, 0.6) is 0 Å². The van der Waals surface area contributed by atoms with Crippen molar-refractivity contribution in [3.63, 3.8) is 0 Å². The Kier molecular flexibility index (Phi) is 5.09. The largest absolute Gasteiger partial charge is 0.329 e. The molecule has 2 N–H and O–H groups in total. The minimum atomic E-state index is -0.337. The van der Waals surface area contributed by atoms with Crippen LogP contribution in [0, 0.1) is 19.3 Å². The molecule has 0 atom stereocenters. The molecule has 1 aromatic rings. The molecule has 18 heavy (non-hydrogen) atoms. The fourth-order valence-electron chi connectivity index (χ4n) is 2.40. The number of ketones is 1. The molecule has 0 aliphatic heterocycles. The maximum atomic E-state index is 12.5. The molecule has 0 aliphatic carbocycles. The zero-order chi connectivity index (χ0) is 13.8. The van der Waals surface area contributed by atoms with Gasteiger partial charge in [0.1, 0.15) is 5.78 Å². The summed E-state index contributed by atoms with van der Waals surface area (Å²) in [6.45, 7) is 8.67. The van der Waals surface area contributed by atoms with Gasteiger partial charge >= 0.3 is 0 Å². The van der Waals surface area contributed by atoms with E-state index in [-0.39, 0.29) is 11.2 Å². The van der Waals surface area contributed by atoms with E-state index >= 15 is 0 Å². The van der Waals surface area contributed by atoms with Crippen LogP contribution in [0.2, 0.25) is 0 Å². The standard InChI is InChI=1S/C16H25NO/c1-5-16(6-2,11-17)15(18)10-14-9-12(3)7-8-13(14)4/h7-9H,5-6,10-11,17H2,1-4H3. The van der Waals surface area contributed by atoms with Crippen molar-refractivity contribution < 1.29 is 4.79 Å². The van der Waals surface area contributed by atoms with Crippen molar-refractivity contribution in [2.24, 2.45) is 11.1 Å². The number of Topliss-reactive ketones (excluding diaryl/α,β-unsaturated/α-hetero) is 1. The lowest BCUT2D eigenvalue weighted by Crippen LogP contribution is -2.38. The predicted molar refractivity (Wildman–Crippen MR) is 76.7 cm³/mol. The summed E-state index contributed by atoms with van der Waals surface area (Å²) in [4.78, 5) is 12.5. The van der Waals surface area contributed by atoms with Crippen molar-refractivity contribution >= 4 is 5.78 Å². The average Bonchev–Trinajstić information content (AvgIpc) is 2.37. The first-order valence-corrected chi connectivity index (χ1v) is 6.78. The summed E-state index contributed by atoms with van der Waals surface area (Å²) in [6, 6.07) is 6.28. The highest BCUT2D eigenvalue weighted by Crippen LogP contribution is 2.28. The van der Waals surface area contributed by atoms with Gasteiger partial charge in [-0.2, -0.15) is 0 Å². The Morgan fingerprint density at radius 3 is 2.33 bits per heavy atom. The Labute approximate surface area is 111 Å². The average molecular weight is 247 g/mol. The number of benzene rings is 1. The Morgan fingerprint density at radius 1 is 1.22 bits per heavy atom. The Morgan fingerprint density at radius 2 is 1.83 bits per heavy atom. The van der Waals surface area contributed by atoms with Crippen molar-refractivity contribution in [1.29, 1.82) is 0 Å². The SMILES string of the molecule is CCC(CC)(CN)C(=O)Cc1cc(C)ccc1C. The molecule has 0 aliphatic rings. The van der Waals surface area contributed by atoms with Crippen LogP contribution in [0.3, 0.4) is 0 Å². The molecule has 1 rings (SSSR count). The number of aryl methyl sites for hydroxylation is 2. The fourth-order valence-corrected chi connectivity index (χ4v) is 2.40. The zero-order valence-electron chi connectivity index (χ0n) is 12.0. The lowest BCUT2D eigenvalue weighted by molar-refractivity contribution is -0.128. The third-order valence-corrected chi connectivity index (χ3v) is 4.19. The van der Waals surface area contributed by atoms with Gasteiger partial charge in [0.15, 0.2) is 0 Å². The molecule has 1 aromatic carbocycles. The van der Waals surface area contributed by atoms with E-state index < -0.39 is 0 Å². The Balaban J connectivity index is 2.96. The van der Waals surface area contributed by atoms with Crippen LogP contribution in [-0.2, 0) is 11.2 Å². The third kappa shape index (κ3) is 2.99. The molecule has 2 nitrogen and oxygen atoms in total. The van der Waals surface area contributed by atoms with Crippen LogP contribution in [0.25, 0.3) is 0 Å². The monoisotopic (exact) mass is 247 g/mol. The summed E-state index contributed by atoms with van der Waals surface area (Å²) >= 11 is 0. The molecule has 0 aromatic heterocycles. The van der Waals surface area contributed by atoms with Gasteiger partial charge in [0.05, 0.1) is 0 Å². The van der Waals surface area contributed by atoms with Crippen molar-refractivity contribution in [2.45, 2.75) is 47.0 Å². The first-order valence-electron chi connectivity index (χ1n) is 6.78. The van der Waals surface area contributed by atoms with Gasteiger partial charge in [0.25, 0.3) is 0 Å². The fraction of sp³-hybridized carbons (Fsp3) is 0.562. The molecule has 0 unspecified atom stereocenters. The zero-order valence-corrected chi connectivity index (χ0v) is 12.0. The van der Waals surface area contributed by atoms with Gasteiger partial charge in [0, 0.05) is 18.4 Å². The van der Waals surface area contributed by atoms with Crippen LogP contribution >= 0.6 is 0 Å². The van der Waals surface area contributed by atoms with Gasteiger partial charge in [0.2, 0.25) is 0 Å². The summed E-state index contributed by atoms with van der Waals surface area (Å²) < 4.78 is 0. The maximum Gasteiger partial charge on any atom is 0.144 e. The molecule has 0 heterocycles. The molecular weight excluding hydrogens is 222 g/mol. The second-order valence-corrected chi connectivity index (χ2v) is 5.22. The number of hydrogen-bond acceptors (Lipinski definition) is 2. The van der Waals surface area contributed by atoms with Crippen LogP contribution in [0.15, 0.2) is 18.2 Å². The molecule has 0 saturated carbocycles. The van der Waals surface area contributed by atoms with E-state index in [2.05, 4.69) is 45.9 Å². The van der Waals surface area contributed by atoms with E-state index in [9.17, 15) is 4.79 Å². The second kappa shape index (κ2) is 6.14. The highest BCUT2D eigenvalue weighted by atomic mass is 16.1. The summed E-state index contributed by atoms with van der Waals surface area (Å²) in [5, 5.41) is 0. The highest BCUT2D eigenvalue weighted by Gasteiger charge is 2.32. The van der Waals surface area contributed by atoms with E-state index in [0.29, 0.717) is 13.0 Å². The molecule has 0 fully saturated rings. The summed E-state index contributed by atoms with van der Waals surface area (Å²) in [5.74, 6) is 0.281. The van der Waals surface area contributed by atoms with Crippen LogP contribution in [0.1, 0.15) is 43.4 Å². The van der Waals surface area contributed by atoms with Gasteiger partial charge in [-0.25, -0.2) is 0 Å². The number of hydrogen-bond donors (Lipinski definition) is 1. The van der Waals surface area contributed by atoms with Gasteiger partial charge in [-0.3, -0.25) is 4.79 Å². The molecule has 0 amide bonds. The highest BCUT2D eigenvalue weighted by molar-refractivity contribution is 5.87. The summed E-state index contributed by atoms with van der Waals surface area (Å²) in [7, 11) is 0. The normalized spacial score (nSPS) is 11.6. The van der Waals surface area contributed by atoms with Crippen molar-refractivity contribution in [3.05, 3.63) is 34.9 Å². The minimum absolute atomic E-state index is 0.281. The molecule has 0 saturated heterocycles. The number of rotatable bonds is 6. The van der Waals surface area contributed by atoms with Crippen LogP contribution < -0.4 is 5.73 Å². The molecule has 100 valence electrons. The van der Waals surface area contributed by atoms with E-state index in [1.54, 1.807) is 0 Å². The third-order valence-electron chi connectivity index (χ3n) is 4.19. The van der Waals surface area contributed by atoms with Gasteiger partial charge in [-0.15, -0.1) is 0 Å². The smallest absolute Gasteiger partial charge is 0.144 e. The summed E-state index contributed by atoms with van der Waals surface area (Å²) in [6.07, 6.45) is 2.15. The minimum Gasteiger partial charge on any atom is -0.329 e. The van der Waals surface area contributed by atoms with Gasteiger partial charge in [-0.05, 0) is 37.8 Å². The van der Waals surface area contributed by atoms with Crippen LogP contribution in [-0.4, -0.2) is 12.3 Å². The van der Waals surface area contributed by atoms with E-state index in [1.165, 1.54) is 11.1 Å². The van der Waals surface area contributed by atoms with Crippen LogP contribution in [0.4, 0.5) is 0 Å². The van der Waals surface area contributed by atoms with E-state index in [0.717, 1.165) is 18.4 Å². The molecule has 0 bridgehead atoms. The molecule has 0 spiro atoms. The van der Waals surface area contributed by atoms with E-state index in [1.807, 2.05) is 0 Å². The van der Waals surface area contributed by atoms with Gasteiger partial charge < -0.3 is 5.73 Å². The number of carbonyl (C=O) groups excluding carboxylic acids is 1. The quantitative estimate of drug-likeness (QED) is 0.839. The van der Waals surface area contributed by atoms with Crippen molar-refractivity contribution in [3.8, 4) is 0 Å². The van der Waals surface area contributed by atoms with Crippen molar-refractivity contribution in [2.75, 3.05) is 6.54 Å². The molecule has 0 radical (unpaired) electrons. The lowest BCUT2D eigenvalue weighted by atomic mass is 9.76. The van der Waals surface area contributed by atoms with Gasteiger partial charge in [-0.1, -0.05) is 37.6 Å². The second-order valence-electron chi connectivity index (χ2n) is 5.22. The molecular formula is C16H25NO.